The van der Waals surface area contributed by atoms with Crippen LogP contribution in [-0.4, -0.2) is 35.2 Å². The Balaban J connectivity index is 1.55. The molecule has 2 aromatic rings. The first-order valence-electron chi connectivity index (χ1n) is 8.48. The minimum Gasteiger partial charge on any atom is -0.497 e. The Labute approximate surface area is 149 Å². The van der Waals surface area contributed by atoms with E-state index in [1.54, 1.807) is 32.2 Å². The van der Waals surface area contributed by atoms with E-state index in [4.69, 9.17) is 4.74 Å². The number of para-hydroxylation sites is 1. The Morgan fingerprint density at radius 3 is 2.76 bits per heavy atom. The van der Waals surface area contributed by atoms with Gasteiger partial charge in [-0.1, -0.05) is 18.2 Å². The van der Waals surface area contributed by atoms with E-state index in [0.29, 0.717) is 22.8 Å². The van der Waals surface area contributed by atoms with Gasteiger partial charge in [-0.25, -0.2) is 13.1 Å². The molecule has 0 bridgehead atoms. The summed E-state index contributed by atoms with van der Waals surface area (Å²) in [5.74, 6) is 0.657. The third-order valence-corrected chi connectivity index (χ3v) is 6.17. The summed E-state index contributed by atoms with van der Waals surface area (Å²) in [5, 5.41) is 0. The summed E-state index contributed by atoms with van der Waals surface area (Å²) in [6.07, 6.45) is 1.83. The van der Waals surface area contributed by atoms with Crippen molar-refractivity contribution in [3.8, 4) is 5.75 Å². The summed E-state index contributed by atoms with van der Waals surface area (Å²) in [4.78, 5) is 2.63. The molecule has 0 spiro atoms. The highest BCUT2D eigenvalue weighted by Crippen LogP contribution is 2.27. The molecule has 0 fully saturated rings. The van der Waals surface area contributed by atoms with Crippen LogP contribution in [0, 0.1) is 6.92 Å². The molecule has 0 unspecified atom stereocenters. The maximum atomic E-state index is 12.5. The fourth-order valence-electron chi connectivity index (χ4n) is 3.24. The molecule has 3 rings (SSSR count). The highest BCUT2D eigenvalue weighted by Gasteiger charge is 2.19. The standard InChI is InChI=1S/C19H24N2O3S/c1-15-14-17(24-2)8-9-19(15)25(22,23)20-11-5-12-21-13-10-16-6-3-4-7-18(16)21/h3-4,6-9,14,20H,5,10-13H2,1-2H3. The molecular formula is C19H24N2O3S. The Hall–Kier alpha value is -2.05. The van der Waals surface area contributed by atoms with Crippen molar-refractivity contribution in [1.29, 1.82) is 0 Å². The number of sulfonamides is 1. The minimum absolute atomic E-state index is 0.305. The van der Waals surface area contributed by atoms with Crippen molar-refractivity contribution in [2.75, 3.05) is 31.6 Å². The number of anilines is 1. The monoisotopic (exact) mass is 360 g/mol. The summed E-state index contributed by atoms with van der Waals surface area (Å²) < 4.78 is 32.8. The van der Waals surface area contributed by atoms with Crippen LogP contribution in [-0.2, 0) is 16.4 Å². The third-order valence-electron chi connectivity index (χ3n) is 4.55. The van der Waals surface area contributed by atoms with Gasteiger partial charge in [0, 0.05) is 25.3 Å². The van der Waals surface area contributed by atoms with Crippen LogP contribution in [0.3, 0.4) is 0 Å². The lowest BCUT2D eigenvalue weighted by Crippen LogP contribution is -2.29. The lowest BCUT2D eigenvalue weighted by atomic mass is 10.2. The van der Waals surface area contributed by atoms with Crippen LogP contribution < -0.4 is 14.4 Å². The third kappa shape index (κ3) is 3.96. The van der Waals surface area contributed by atoms with Crippen molar-refractivity contribution < 1.29 is 13.2 Å². The highest BCUT2D eigenvalue weighted by atomic mass is 32.2. The lowest BCUT2D eigenvalue weighted by molar-refractivity contribution is 0.414. The number of hydrogen-bond donors (Lipinski definition) is 1. The SMILES string of the molecule is COc1ccc(S(=O)(=O)NCCCN2CCc3ccccc32)c(C)c1. The summed E-state index contributed by atoms with van der Waals surface area (Å²) in [7, 11) is -1.93. The van der Waals surface area contributed by atoms with Crippen molar-refractivity contribution in [2.45, 2.75) is 24.7 Å². The van der Waals surface area contributed by atoms with Gasteiger partial charge in [-0.15, -0.1) is 0 Å². The molecule has 0 aromatic heterocycles. The topological polar surface area (TPSA) is 58.6 Å². The largest absolute Gasteiger partial charge is 0.497 e. The quantitative estimate of drug-likeness (QED) is 0.772. The predicted octanol–water partition coefficient (Wildman–Crippen LogP) is 2.73. The smallest absolute Gasteiger partial charge is 0.240 e. The fourth-order valence-corrected chi connectivity index (χ4v) is 4.54. The molecule has 0 saturated carbocycles. The van der Waals surface area contributed by atoms with Crippen LogP contribution >= 0.6 is 0 Å². The van der Waals surface area contributed by atoms with Gasteiger partial charge in [0.15, 0.2) is 0 Å². The van der Waals surface area contributed by atoms with E-state index in [-0.39, 0.29) is 0 Å². The first-order valence-corrected chi connectivity index (χ1v) is 9.97. The van der Waals surface area contributed by atoms with Crippen molar-refractivity contribution in [2.24, 2.45) is 0 Å². The van der Waals surface area contributed by atoms with Crippen molar-refractivity contribution in [1.82, 2.24) is 4.72 Å². The Morgan fingerprint density at radius 1 is 1.20 bits per heavy atom. The summed E-state index contributed by atoms with van der Waals surface area (Å²) in [5.41, 5.74) is 3.33. The van der Waals surface area contributed by atoms with E-state index < -0.39 is 10.0 Å². The summed E-state index contributed by atoms with van der Waals surface area (Å²) in [6, 6.07) is 13.4. The number of aryl methyl sites for hydroxylation is 1. The number of benzene rings is 2. The van der Waals surface area contributed by atoms with Gasteiger partial charge in [0.25, 0.3) is 0 Å². The minimum atomic E-state index is -3.50. The van der Waals surface area contributed by atoms with E-state index in [0.717, 1.165) is 25.9 Å². The lowest BCUT2D eigenvalue weighted by Gasteiger charge is -2.19. The number of fused-ring (bicyclic) bond motifs is 1. The van der Waals surface area contributed by atoms with Crippen LogP contribution in [0.4, 0.5) is 5.69 Å². The second kappa shape index (κ2) is 7.45. The van der Waals surface area contributed by atoms with Gasteiger partial charge in [-0.3, -0.25) is 0 Å². The molecule has 0 amide bonds. The van der Waals surface area contributed by atoms with Crippen molar-refractivity contribution >= 4 is 15.7 Å². The Kier molecular flexibility index (Phi) is 5.30. The molecule has 0 atom stereocenters. The van der Waals surface area contributed by atoms with Crippen LogP contribution in [0.1, 0.15) is 17.5 Å². The molecule has 134 valence electrons. The number of hydrogen-bond acceptors (Lipinski definition) is 4. The van der Waals surface area contributed by atoms with Gasteiger partial charge in [-0.2, -0.15) is 0 Å². The average molecular weight is 360 g/mol. The van der Waals surface area contributed by atoms with E-state index in [1.165, 1.54) is 11.3 Å². The van der Waals surface area contributed by atoms with Crippen LogP contribution in [0.2, 0.25) is 0 Å². The molecule has 1 aliphatic rings. The van der Waals surface area contributed by atoms with Crippen molar-refractivity contribution in [3.05, 3.63) is 53.6 Å². The molecule has 0 saturated heterocycles. The fraction of sp³-hybridized carbons (Fsp3) is 0.368. The second-order valence-corrected chi connectivity index (χ2v) is 7.98. The van der Waals surface area contributed by atoms with E-state index in [2.05, 4.69) is 27.8 Å². The average Bonchev–Trinajstić information content (AvgIpc) is 3.01. The van der Waals surface area contributed by atoms with Crippen LogP contribution in [0.5, 0.6) is 5.75 Å². The number of methoxy groups -OCH3 is 1. The number of nitrogens with zero attached hydrogens (tertiary/aromatic N) is 1. The van der Waals surface area contributed by atoms with E-state index in [1.807, 2.05) is 6.07 Å². The normalized spacial score (nSPS) is 13.8. The summed E-state index contributed by atoms with van der Waals surface area (Å²) >= 11 is 0. The van der Waals surface area contributed by atoms with Gasteiger partial charge in [-0.05, 0) is 55.2 Å². The highest BCUT2D eigenvalue weighted by molar-refractivity contribution is 7.89. The molecule has 6 heteroatoms. The molecule has 25 heavy (non-hydrogen) atoms. The zero-order valence-corrected chi connectivity index (χ0v) is 15.5. The van der Waals surface area contributed by atoms with Crippen molar-refractivity contribution in [3.63, 3.8) is 0 Å². The first kappa shape index (κ1) is 17.8. The Morgan fingerprint density at radius 2 is 2.00 bits per heavy atom. The van der Waals surface area contributed by atoms with E-state index in [9.17, 15) is 8.42 Å². The van der Waals surface area contributed by atoms with Gasteiger partial charge >= 0.3 is 0 Å². The Bertz CT molecular complexity index is 849. The predicted molar refractivity (Wildman–Crippen MR) is 99.9 cm³/mol. The van der Waals surface area contributed by atoms with Gasteiger partial charge in [0.1, 0.15) is 5.75 Å². The van der Waals surface area contributed by atoms with Crippen LogP contribution in [0.25, 0.3) is 0 Å². The van der Waals surface area contributed by atoms with Gasteiger partial charge < -0.3 is 9.64 Å². The zero-order valence-electron chi connectivity index (χ0n) is 14.7. The molecular weight excluding hydrogens is 336 g/mol. The molecule has 1 heterocycles. The molecule has 0 aliphatic carbocycles. The molecule has 5 nitrogen and oxygen atoms in total. The van der Waals surface area contributed by atoms with Gasteiger partial charge in [0.05, 0.1) is 12.0 Å². The molecule has 1 aliphatic heterocycles. The molecule has 2 aromatic carbocycles. The second-order valence-electron chi connectivity index (χ2n) is 6.25. The number of ether oxygens (including phenoxy) is 1. The molecule has 0 radical (unpaired) electrons. The number of nitrogens with one attached hydrogen (secondary N) is 1. The maximum Gasteiger partial charge on any atom is 0.240 e. The zero-order chi connectivity index (χ0) is 17.9. The maximum absolute atomic E-state index is 12.5. The molecule has 1 N–H and O–H groups in total. The van der Waals surface area contributed by atoms with E-state index >= 15 is 0 Å². The van der Waals surface area contributed by atoms with Gasteiger partial charge in [0.2, 0.25) is 10.0 Å². The first-order chi connectivity index (χ1) is 12.0. The number of rotatable bonds is 7. The van der Waals surface area contributed by atoms with Crippen LogP contribution in [0.15, 0.2) is 47.4 Å². The summed E-state index contributed by atoms with van der Waals surface area (Å²) in [6.45, 7) is 4.05.